The summed E-state index contributed by atoms with van der Waals surface area (Å²) in [6.45, 7) is 4.91. The molecule has 1 aliphatic heterocycles. The Morgan fingerprint density at radius 3 is 2.79 bits per heavy atom. The number of pyridine rings is 1. The molecule has 76 valence electrons. The van der Waals surface area contributed by atoms with Crippen LogP contribution < -0.4 is 4.90 Å². The van der Waals surface area contributed by atoms with Crippen LogP contribution in [0.25, 0.3) is 0 Å². The molecule has 1 aliphatic rings. The molecule has 0 aliphatic carbocycles. The standard InChI is InChI=1S/C10H14N2O2/c1-8-6-9(13)10(11-7-8)12-2-4-14-5-3-12/h6-7,13H,2-5H2,1H3. The molecule has 0 spiro atoms. The second kappa shape index (κ2) is 3.84. The number of morpholine rings is 1. The van der Waals surface area contributed by atoms with Crippen molar-refractivity contribution in [2.75, 3.05) is 31.2 Å². The maximum atomic E-state index is 9.70. The summed E-state index contributed by atoms with van der Waals surface area (Å²) in [5.41, 5.74) is 0.972. The molecule has 0 bridgehead atoms. The molecule has 1 saturated heterocycles. The first kappa shape index (κ1) is 9.27. The van der Waals surface area contributed by atoms with Crippen molar-refractivity contribution in [2.24, 2.45) is 0 Å². The van der Waals surface area contributed by atoms with E-state index in [2.05, 4.69) is 4.98 Å². The van der Waals surface area contributed by atoms with Gasteiger partial charge in [0.05, 0.1) is 13.2 Å². The highest BCUT2D eigenvalue weighted by molar-refractivity contribution is 5.52. The number of aryl methyl sites for hydroxylation is 1. The minimum absolute atomic E-state index is 0.256. The highest BCUT2D eigenvalue weighted by Crippen LogP contribution is 2.25. The Hall–Kier alpha value is -1.29. The fourth-order valence-corrected chi connectivity index (χ4v) is 1.57. The van der Waals surface area contributed by atoms with Crippen LogP contribution in [0.1, 0.15) is 5.56 Å². The number of aromatic hydroxyl groups is 1. The van der Waals surface area contributed by atoms with Gasteiger partial charge in [0.25, 0.3) is 0 Å². The third-order valence-corrected chi connectivity index (χ3v) is 2.29. The van der Waals surface area contributed by atoms with E-state index in [1.807, 2.05) is 11.8 Å². The van der Waals surface area contributed by atoms with Crippen LogP contribution in [0.3, 0.4) is 0 Å². The van der Waals surface area contributed by atoms with Crippen LogP contribution >= 0.6 is 0 Å². The number of rotatable bonds is 1. The van der Waals surface area contributed by atoms with Gasteiger partial charge in [0, 0.05) is 19.3 Å². The van der Waals surface area contributed by atoms with E-state index < -0.39 is 0 Å². The topological polar surface area (TPSA) is 45.6 Å². The summed E-state index contributed by atoms with van der Waals surface area (Å²) in [7, 11) is 0. The zero-order valence-corrected chi connectivity index (χ0v) is 8.23. The SMILES string of the molecule is Cc1cnc(N2CCOCC2)c(O)c1. The number of aromatic nitrogens is 1. The average molecular weight is 194 g/mol. The van der Waals surface area contributed by atoms with E-state index in [-0.39, 0.29) is 5.75 Å². The molecule has 4 heteroatoms. The molecule has 1 aromatic rings. The van der Waals surface area contributed by atoms with Gasteiger partial charge >= 0.3 is 0 Å². The van der Waals surface area contributed by atoms with Crippen LogP contribution in [-0.4, -0.2) is 36.4 Å². The molecular formula is C10H14N2O2. The molecule has 0 amide bonds. The minimum Gasteiger partial charge on any atom is -0.504 e. The normalized spacial score (nSPS) is 17.1. The van der Waals surface area contributed by atoms with Crippen LogP contribution in [-0.2, 0) is 4.74 Å². The van der Waals surface area contributed by atoms with Gasteiger partial charge in [-0.2, -0.15) is 0 Å². The van der Waals surface area contributed by atoms with Crippen molar-refractivity contribution in [1.29, 1.82) is 0 Å². The lowest BCUT2D eigenvalue weighted by molar-refractivity contribution is 0.122. The Balaban J connectivity index is 2.22. The number of hydrogen-bond donors (Lipinski definition) is 1. The van der Waals surface area contributed by atoms with E-state index in [0.717, 1.165) is 18.7 Å². The van der Waals surface area contributed by atoms with Gasteiger partial charge in [-0.1, -0.05) is 0 Å². The fraction of sp³-hybridized carbons (Fsp3) is 0.500. The zero-order chi connectivity index (χ0) is 9.97. The van der Waals surface area contributed by atoms with Crippen molar-refractivity contribution >= 4 is 5.82 Å². The van der Waals surface area contributed by atoms with Crippen molar-refractivity contribution in [1.82, 2.24) is 4.98 Å². The Labute approximate surface area is 83.1 Å². The molecule has 0 atom stereocenters. The predicted molar refractivity (Wildman–Crippen MR) is 53.7 cm³/mol. The maximum absolute atomic E-state index is 9.70. The molecule has 0 radical (unpaired) electrons. The van der Waals surface area contributed by atoms with E-state index in [9.17, 15) is 5.11 Å². The van der Waals surface area contributed by atoms with Crippen molar-refractivity contribution in [3.63, 3.8) is 0 Å². The largest absolute Gasteiger partial charge is 0.504 e. The van der Waals surface area contributed by atoms with Gasteiger partial charge in [-0.3, -0.25) is 0 Å². The van der Waals surface area contributed by atoms with Crippen LogP contribution in [0, 0.1) is 6.92 Å². The Bertz CT molecular complexity index is 322. The molecule has 2 rings (SSSR count). The fourth-order valence-electron chi connectivity index (χ4n) is 1.57. The summed E-state index contributed by atoms with van der Waals surface area (Å²) in [6, 6.07) is 1.73. The Morgan fingerprint density at radius 2 is 2.14 bits per heavy atom. The highest BCUT2D eigenvalue weighted by Gasteiger charge is 2.15. The second-order valence-corrected chi connectivity index (χ2v) is 3.45. The first-order valence-corrected chi connectivity index (χ1v) is 4.75. The van der Waals surface area contributed by atoms with Crippen LogP contribution in [0.2, 0.25) is 0 Å². The van der Waals surface area contributed by atoms with E-state index in [0.29, 0.717) is 19.0 Å². The van der Waals surface area contributed by atoms with Gasteiger partial charge in [0.2, 0.25) is 0 Å². The number of nitrogens with zero attached hydrogens (tertiary/aromatic N) is 2. The smallest absolute Gasteiger partial charge is 0.171 e. The van der Waals surface area contributed by atoms with Crippen molar-refractivity contribution in [3.05, 3.63) is 17.8 Å². The van der Waals surface area contributed by atoms with Gasteiger partial charge in [0.15, 0.2) is 11.6 Å². The van der Waals surface area contributed by atoms with Gasteiger partial charge < -0.3 is 14.7 Å². The summed E-state index contributed by atoms with van der Waals surface area (Å²) in [4.78, 5) is 6.26. The summed E-state index contributed by atoms with van der Waals surface area (Å²) >= 11 is 0. The van der Waals surface area contributed by atoms with Gasteiger partial charge in [0.1, 0.15) is 0 Å². The first-order chi connectivity index (χ1) is 6.77. The molecule has 14 heavy (non-hydrogen) atoms. The van der Waals surface area contributed by atoms with Crippen LogP contribution in [0.4, 0.5) is 5.82 Å². The van der Waals surface area contributed by atoms with E-state index in [1.54, 1.807) is 12.3 Å². The van der Waals surface area contributed by atoms with Gasteiger partial charge in [-0.15, -0.1) is 0 Å². The lowest BCUT2D eigenvalue weighted by Crippen LogP contribution is -2.36. The Kier molecular flexibility index (Phi) is 2.54. The third kappa shape index (κ3) is 1.80. The van der Waals surface area contributed by atoms with Crippen molar-refractivity contribution in [3.8, 4) is 5.75 Å². The molecular weight excluding hydrogens is 180 g/mol. The molecule has 0 unspecified atom stereocenters. The maximum Gasteiger partial charge on any atom is 0.171 e. The summed E-state index contributed by atoms with van der Waals surface area (Å²) in [6.07, 6.45) is 1.77. The Morgan fingerprint density at radius 1 is 1.43 bits per heavy atom. The lowest BCUT2D eigenvalue weighted by Gasteiger charge is -2.28. The number of ether oxygens (including phenoxy) is 1. The average Bonchev–Trinajstić information content (AvgIpc) is 2.19. The van der Waals surface area contributed by atoms with Crippen molar-refractivity contribution in [2.45, 2.75) is 6.92 Å². The van der Waals surface area contributed by atoms with E-state index >= 15 is 0 Å². The molecule has 1 N–H and O–H groups in total. The molecule has 4 nitrogen and oxygen atoms in total. The van der Waals surface area contributed by atoms with E-state index in [1.165, 1.54) is 0 Å². The third-order valence-electron chi connectivity index (χ3n) is 2.29. The minimum atomic E-state index is 0.256. The number of hydrogen-bond acceptors (Lipinski definition) is 4. The molecule has 0 aromatic carbocycles. The quantitative estimate of drug-likeness (QED) is 0.722. The first-order valence-electron chi connectivity index (χ1n) is 4.75. The molecule has 2 heterocycles. The van der Waals surface area contributed by atoms with E-state index in [4.69, 9.17) is 4.74 Å². The second-order valence-electron chi connectivity index (χ2n) is 3.45. The number of anilines is 1. The molecule has 0 saturated carbocycles. The highest BCUT2D eigenvalue weighted by atomic mass is 16.5. The molecule has 1 fully saturated rings. The predicted octanol–water partition coefficient (Wildman–Crippen LogP) is 0.932. The zero-order valence-electron chi connectivity index (χ0n) is 8.23. The molecule has 1 aromatic heterocycles. The van der Waals surface area contributed by atoms with Crippen LogP contribution in [0.15, 0.2) is 12.3 Å². The van der Waals surface area contributed by atoms with Crippen molar-refractivity contribution < 1.29 is 9.84 Å². The monoisotopic (exact) mass is 194 g/mol. The lowest BCUT2D eigenvalue weighted by atomic mass is 10.3. The van der Waals surface area contributed by atoms with Gasteiger partial charge in [-0.05, 0) is 18.6 Å². The summed E-state index contributed by atoms with van der Waals surface area (Å²) in [5, 5.41) is 9.70. The van der Waals surface area contributed by atoms with Crippen LogP contribution in [0.5, 0.6) is 5.75 Å². The van der Waals surface area contributed by atoms with Gasteiger partial charge in [-0.25, -0.2) is 4.98 Å². The summed E-state index contributed by atoms with van der Waals surface area (Å²) < 4.78 is 5.23. The summed E-state index contributed by atoms with van der Waals surface area (Å²) in [5.74, 6) is 0.922.